The lowest BCUT2D eigenvalue weighted by atomic mass is 9.92. The Morgan fingerprint density at radius 1 is 1.03 bits per heavy atom. The van der Waals surface area contributed by atoms with Crippen LogP contribution in [0.5, 0.6) is 0 Å². The van der Waals surface area contributed by atoms with E-state index in [4.69, 9.17) is 26.9 Å². The predicted octanol–water partition coefficient (Wildman–Crippen LogP) is 3.02. The van der Waals surface area contributed by atoms with Gasteiger partial charge in [0.15, 0.2) is 5.11 Å². The molecule has 0 aromatic carbocycles. The number of rotatable bonds is 4. The van der Waals surface area contributed by atoms with Crippen LogP contribution in [-0.2, 0) is 4.74 Å². The summed E-state index contributed by atoms with van der Waals surface area (Å²) < 4.78 is 5.52. The van der Waals surface area contributed by atoms with E-state index in [-0.39, 0.29) is 0 Å². The normalized spacial score (nSPS) is 25.9. The van der Waals surface area contributed by atoms with Gasteiger partial charge in [-0.1, -0.05) is 26.7 Å². The Kier molecular flexibility index (Phi) is 6.70. The van der Waals surface area contributed by atoms with Gasteiger partial charge in [-0.2, -0.15) is 9.97 Å². The lowest BCUT2D eigenvalue weighted by molar-refractivity contribution is 0.122. The number of aromatic nitrogens is 2. The van der Waals surface area contributed by atoms with E-state index >= 15 is 0 Å². The van der Waals surface area contributed by atoms with Crippen molar-refractivity contribution >= 4 is 34.9 Å². The molecule has 3 aliphatic rings. The summed E-state index contributed by atoms with van der Waals surface area (Å²) in [6.45, 7) is 9.91. The predicted molar refractivity (Wildman–Crippen MR) is 122 cm³/mol. The van der Waals surface area contributed by atoms with E-state index in [1.165, 1.54) is 32.1 Å². The number of piperidine rings is 1. The summed E-state index contributed by atoms with van der Waals surface area (Å²) in [5.41, 5.74) is 0. The molecule has 0 spiro atoms. The average Bonchev–Trinajstić information content (AvgIpc) is 3.20. The van der Waals surface area contributed by atoms with Crippen LogP contribution in [0.2, 0.25) is 0 Å². The molecule has 2 N–H and O–H groups in total. The van der Waals surface area contributed by atoms with E-state index < -0.39 is 0 Å². The fourth-order valence-corrected chi connectivity index (χ4v) is 5.10. The molecule has 7 nitrogen and oxygen atoms in total. The van der Waals surface area contributed by atoms with E-state index in [0.29, 0.717) is 28.9 Å². The van der Waals surface area contributed by atoms with E-state index in [2.05, 4.69) is 40.3 Å². The molecule has 1 aromatic heterocycles. The van der Waals surface area contributed by atoms with Crippen molar-refractivity contribution < 1.29 is 4.74 Å². The third-order valence-electron chi connectivity index (χ3n) is 6.14. The maximum Gasteiger partial charge on any atom is 0.232 e. The Hall–Kier alpha value is -1.67. The van der Waals surface area contributed by atoms with Crippen LogP contribution in [-0.4, -0.2) is 60.5 Å². The lowest BCUT2D eigenvalue weighted by Gasteiger charge is -2.36. The molecular weight excluding hydrogens is 384 g/mol. The SMILES string of the molecule is CC1CC(C)CN(c2cc(N3CCOCC3)nc(NC(=S)NC3CCCC3)n2)C1. The van der Waals surface area contributed by atoms with Crippen molar-refractivity contribution in [3.63, 3.8) is 0 Å². The Morgan fingerprint density at radius 3 is 2.31 bits per heavy atom. The van der Waals surface area contributed by atoms with Gasteiger partial charge in [0, 0.05) is 38.3 Å². The quantitative estimate of drug-likeness (QED) is 0.724. The van der Waals surface area contributed by atoms with Gasteiger partial charge in [0.2, 0.25) is 5.95 Å². The maximum absolute atomic E-state index is 5.56. The summed E-state index contributed by atoms with van der Waals surface area (Å²) in [6, 6.07) is 2.61. The monoisotopic (exact) mass is 418 g/mol. The number of ether oxygens (including phenoxy) is 1. The number of morpholine rings is 1. The van der Waals surface area contributed by atoms with Gasteiger partial charge in [-0.15, -0.1) is 0 Å². The first kappa shape index (κ1) is 20.6. The number of nitrogens with zero attached hydrogens (tertiary/aromatic N) is 4. The minimum Gasteiger partial charge on any atom is -0.378 e. The fraction of sp³-hybridized carbons (Fsp3) is 0.762. The van der Waals surface area contributed by atoms with Gasteiger partial charge in [-0.05, 0) is 43.3 Å². The minimum absolute atomic E-state index is 0.473. The largest absolute Gasteiger partial charge is 0.378 e. The van der Waals surface area contributed by atoms with Crippen LogP contribution in [0, 0.1) is 11.8 Å². The van der Waals surface area contributed by atoms with Crippen molar-refractivity contribution in [3.05, 3.63) is 6.07 Å². The van der Waals surface area contributed by atoms with Gasteiger partial charge in [0.25, 0.3) is 0 Å². The maximum atomic E-state index is 5.56. The number of hydrogen-bond donors (Lipinski definition) is 2. The third kappa shape index (κ3) is 5.48. The topological polar surface area (TPSA) is 65.6 Å². The highest BCUT2D eigenvalue weighted by molar-refractivity contribution is 7.80. The van der Waals surface area contributed by atoms with Crippen molar-refractivity contribution in [2.75, 3.05) is 54.5 Å². The summed E-state index contributed by atoms with van der Waals surface area (Å²) in [5.74, 6) is 3.87. The molecule has 2 saturated heterocycles. The number of thiocarbonyl (C=S) groups is 1. The molecule has 8 heteroatoms. The second kappa shape index (κ2) is 9.43. The molecule has 3 fully saturated rings. The molecule has 0 radical (unpaired) electrons. The highest BCUT2D eigenvalue weighted by Gasteiger charge is 2.25. The molecule has 29 heavy (non-hydrogen) atoms. The molecule has 1 aliphatic carbocycles. The van der Waals surface area contributed by atoms with E-state index in [0.717, 1.165) is 51.0 Å². The van der Waals surface area contributed by atoms with Crippen LogP contribution in [0.3, 0.4) is 0 Å². The van der Waals surface area contributed by atoms with E-state index in [1.54, 1.807) is 0 Å². The van der Waals surface area contributed by atoms with E-state index in [9.17, 15) is 0 Å². The van der Waals surface area contributed by atoms with Crippen LogP contribution < -0.4 is 20.4 Å². The number of hydrogen-bond acceptors (Lipinski definition) is 6. The Bertz CT molecular complexity index is 694. The summed E-state index contributed by atoms with van der Waals surface area (Å²) in [4.78, 5) is 14.3. The minimum atomic E-state index is 0.473. The summed E-state index contributed by atoms with van der Waals surface area (Å²) in [7, 11) is 0. The Morgan fingerprint density at radius 2 is 1.66 bits per heavy atom. The van der Waals surface area contributed by atoms with Crippen molar-refractivity contribution in [2.24, 2.45) is 11.8 Å². The van der Waals surface area contributed by atoms with Crippen molar-refractivity contribution in [3.8, 4) is 0 Å². The molecule has 160 valence electrons. The third-order valence-corrected chi connectivity index (χ3v) is 6.36. The molecule has 4 rings (SSSR count). The molecule has 2 aliphatic heterocycles. The fourth-order valence-electron chi connectivity index (χ4n) is 4.84. The second-order valence-corrected chi connectivity index (χ2v) is 9.35. The zero-order valence-electron chi connectivity index (χ0n) is 17.7. The zero-order chi connectivity index (χ0) is 20.2. The Labute approximate surface area is 179 Å². The summed E-state index contributed by atoms with van der Waals surface area (Å²) in [5, 5.41) is 7.32. The standard InChI is InChI=1S/C21H34N6OS/c1-15-11-16(2)14-27(13-15)19-12-18(26-7-9-28-10-8-26)23-20(24-19)25-21(29)22-17-5-3-4-6-17/h12,15-17H,3-11,13-14H2,1-2H3,(H2,22,23,24,25,29). The van der Waals surface area contributed by atoms with Gasteiger partial charge in [-0.3, -0.25) is 0 Å². The first-order chi connectivity index (χ1) is 14.1. The molecule has 0 amide bonds. The second-order valence-electron chi connectivity index (χ2n) is 8.94. The van der Waals surface area contributed by atoms with E-state index in [1.807, 2.05) is 0 Å². The molecule has 3 heterocycles. The number of nitrogens with one attached hydrogen (secondary N) is 2. The first-order valence-electron chi connectivity index (χ1n) is 11.1. The molecule has 2 unspecified atom stereocenters. The van der Waals surface area contributed by atoms with Crippen LogP contribution in [0.25, 0.3) is 0 Å². The van der Waals surface area contributed by atoms with Gasteiger partial charge < -0.3 is 25.2 Å². The van der Waals surface area contributed by atoms with Crippen molar-refractivity contribution in [1.82, 2.24) is 15.3 Å². The highest BCUT2D eigenvalue weighted by Crippen LogP contribution is 2.28. The summed E-state index contributed by atoms with van der Waals surface area (Å²) in [6.07, 6.45) is 6.20. The van der Waals surface area contributed by atoms with Crippen LogP contribution in [0.4, 0.5) is 17.6 Å². The van der Waals surface area contributed by atoms with Gasteiger partial charge in [-0.25, -0.2) is 0 Å². The van der Waals surface area contributed by atoms with Crippen molar-refractivity contribution in [2.45, 2.75) is 52.0 Å². The van der Waals surface area contributed by atoms with Crippen molar-refractivity contribution in [1.29, 1.82) is 0 Å². The smallest absolute Gasteiger partial charge is 0.232 e. The van der Waals surface area contributed by atoms with Gasteiger partial charge in [0.1, 0.15) is 11.6 Å². The Balaban J connectivity index is 1.54. The first-order valence-corrected chi connectivity index (χ1v) is 11.5. The molecule has 0 bridgehead atoms. The van der Waals surface area contributed by atoms with Crippen LogP contribution in [0.15, 0.2) is 6.07 Å². The van der Waals surface area contributed by atoms with Gasteiger partial charge in [0.05, 0.1) is 13.2 Å². The lowest BCUT2D eigenvalue weighted by Crippen LogP contribution is -2.41. The average molecular weight is 419 g/mol. The summed E-state index contributed by atoms with van der Waals surface area (Å²) >= 11 is 5.56. The molecule has 1 aromatic rings. The van der Waals surface area contributed by atoms with Gasteiger partial charge >= 0.3 is 0 Å². The van der Waals surface area contributed by atoms with Crippen LogP contribution in [0.1, 0.15) is 46.0 Å². The zero-order valence-corrected chi connectivity index (χ0v) is 18.5. The number of anilines is 3. The molecule has 2 atom stereocenters. The van der Waals surface area contributed by atoms with Crippen LogP contribution >= 0.6 is 12.2 Å². The highest BCUT2D eigenvalue weighted by atomic mass is 32.1. The molecule has 1 saturated carbocycles. The molecular formula is C21H34N6OS.